The number of halogens is 1. The van der Waals surface area contributed by atoms with E-state index in [0.29, 0.717) is 42.5 Å². The highest BCUT2D eigenvalue weighted by atomic mass is 35.5. The second-order valence-electron chi connectivity index (χ2n) is 4.76. The third-order valence-electron chi connectivity index (χ3n) is 3.42. The van der Waals surface area contributed by atoms with Crippen molar-refractivity contribution in [1.82, 2.24) is 0 Å². The van der Waals surface area contributed by atoms with Gasteiger partial charge in [-0.15, -0.1) is 0 Å². The highest BCUT2D eigenvalue weighted by molar-refractivity contribution is 6.52. The quantitative estimate of drug-likeness (QED) is 0.801. The van der Waals surface area contributed by atoms with E-state index in [1.807, 2.05) is 0 Å². The van der Waals surface area contributed by atoms with Gasteiger partial charge in [0.2, 0.25) is 0 Å². The fourth-order valence-electron chi connectivity index (χ4n) is 2.43. The molecule has 0 N–H and O–H groups in total. The van der Waals surface area contributed by atoms with Gasteiger partial charge in [0, 0.05) is 18.0 Å². The van der Waals surface area contributed by atoms with E-state index in [2.05, 4.69) is 0 Å². The fourth-order valence-corrected chi connectivity index (χ4v) is 2.59. The molecule has 20 heavy (non-hydrogen) atoms. The molecule has 1 saturated heterocycles. The molecule has 3 rings (SSSR count). The highest BCUT2D eigenvalue weighted by Crippen LogP contribution is 2.31. The summed E-state index contributed by atoms with van der Waals surface area (Å²) in [4.78, 5) is 25.3. The number of nitrogens with zero attached hydrogens (tertiary/aromatic N) is 1. The summed E-state index contributed by atoms with van der Waals surface area (Å²) in [6.07, 6.45) is 1.11. The molecule has 0 radical (unpaired) electrons. The predicted molar refractivity (Wildman–Crippen MR) is 73.1 cm³/mol. The molecular weight excluding hydrogens is 282 g/mol. The molecule has 2 heterocycles. The van der Waals surface area contributed by atoms with E-state index in [9.17, 15) is 9.59 Å². The molecular formula is C14H14ClNO4. The van der Waals surface area contributed by atoms with Crippen LogP contribution in [0.5, 0.6) is 0 Å². The van der Waals surface area contributed by atoms with Crippen molar-refractivity contribution in [1.29, 1.82) is 0 Å². The summed E-state index contributed by atoms with van der Waals surface area (Å²) >= 11 is 5.93. The van der Waals surface area contributed by atoms with Crippen LogP contribution in [0.2, 0.25) is 5.02 Å². The number of rotatable bonds is 3. The molecule has 0 spiro atoms. The van der Waals surface area contributed by atoms with E-state index in [0.717, 1.165) is 6.42 Å². The molecule has 1 aromatic carbocycles. The summed E-state index contributed by atoms with van der Waals surface area (Å²) in [7, 11) is 0. The van der Waals surface area contributed by atoms with Gasteiger partial charge in [0.15, 0.2) is 6.29 Å². The number of amides is 1. The lowest BCUT2D eigenvalue weighted by atomic mass is 10.1. The molecule has 2 aliphatic rings. The lowest BCUT2D eigenvalue weighted by Gasteiger charge is -2.25. The van der Waals surface area contributed by atoms with Gasteiger partial charge < -0.3 is 14.4 Å². The highest BCUT2D eigenvalue weighted by Gasteiger charge is 2.36. The van der Waals surface area contributed by atoms with Crippen molar-refractivity contribution in [2.75, 3.05) is 24.7 Å². The summed E-state index contributed by atoms with van der Waals surface area (Å²) in [5.74, 6) is -1.000. The zero-order valence-corrected chi connectivity index (χ0v) is 11.6. The number of anilines is 1. The minimum Gasteiger partial charge on any atom is -0.353 e. The summed E-state index contributed by atoms with van der Waals surface area (Å²) < 4.78 is 10.9. The Morgan fingerprint density at radius 3 is 2.75 bits per heavy atom. The Morgan fingerprint density at radius 2 is 2.00 bits per heavy atom. The summed E-state index contributed by atoms with van der Waals surface area (Å²) in [6.45, 7) is 1.71. The van der Waals surface area contributed by atoms with Gasteiger partial charge in [0.1, 0.15) is 0 Å². The first-order valence-electron chi connectivity index (χ1n) is 6.56. The molecule has 0 unspecified atom stereocenters. The van der Waals surface area contributed by atoms with Crippen molar-refractivity contribution in [3.05, 3.63) is 28.8 Å². The van der Waals surface area contributed by atoms with Crippen molar-refractivity contribution in [2.24, 2.45) is 0 Å². The maximum absolute atomic E-state index is 12.0. The number of carbonyl (C=O) groups excluding carboxylic acids is 2. The van der Waals surface area contributed by atoms with Crippen molar-refractivity contribution >= 4 is 29.0 Å². The molecule has 2 aliphatic heterocycles. The van der Waals surface area contributed by atoms with E-state index in [1.54, 1.807) is 18.2 Å². The Bertz CT molecular complexity index is 554. The molecule has 1 amide bonds. The molecule has 5 nitrogen and oxygen atoms in total. The number of ketones is 1. The average molecular weight is 296 g/mol. The van der Waals surface area contributed by atoms with Gasteiger partial charge in [-0.2, -0.15) is 0 Å². The number of hydrogen-bond donors (Lipinski definition) is 0. The van der Waals surface area contributed by atoms with Crippen molar-refractivity contribution in [3.8, 4) is 0 Å². The van der Waals surface area contributed by atoms with Crippen LogP contribution in [0.15, 0.2) is 18.2 Å². The summed E-state index contributed by atoms with van der Waals surface area (Å²) in [5, 5.41) is 0.501. The average Bonchev–Trinajstić information content (AvgIpc) is 2.70. The third-order valence-corrected chi connectivity index (χ3v) is 3.65. The second kappa shape index (κ2) is 5.52. The van der Waals surface area contributed by atoms with Crippen molar-refractivity contribution < 1.29 is 19.1 Å². The largest absolute Gasteiger partial charge is 0.353 e. The Hall–Kier alpha value is -1.43. The van der Waals surface area contributed by atoms with Gasteiger partial charge in [-0.1, -0.05) is 11.6 Å². The van der Waals surface area contributed by atoms with Crippen LogP contribution in [0.4, 0.5) is 5.69 Å². The van der Waals surface area contributed by atoms with Crippen LogP contribution in [0.3, 0.4) is 0 Å². The minimum atomic E-state index is -0.516. The summed E-state index contributed by atoms with van der Waals surface area (Å²) in [5.41, 5.74) is 0.980. The first-order chi connectivity index (χ1) is 9.66. The number of fused-ring (bicyclic) bond motifs is 1. The smallest absolute Gasteiger partial charge is 0.299 e. The molecule has 106 valence electrons. The molecule has 0 aliphatic carbocycles. The maximum Gasteiger partial charge on any atom is 0.299 e. The lowest BCUT2D eigenvalue weighted by molar-refractivity contribution is -0.179. The number of carbonyl (C=O) groups is 2. The van der Waals surface area contributed by atoms with E-state index < -0.39 is 11.7 Å². The Labute approximate surface area is 121 Å². The van der Waals surface area contributed by atoms with Gasteiger partial charge in [0.05, 0.1) is 24.5 Å². The fraction of sp³-hybridized carbons (Fsp3) is 0.429. The van der Waals surface area contributed by atoms with Crippen LogP contribution in [-0.4, -0.2) is 37.7 Å². The van der Waals surface area contributed by atoms with Crippen molar-refractivity contribution in [2.45, 2.75) is 19.1 Å². The van der Waals surface area contributed by atoms with Crippen molar-refractivity contribution in [3.63, 3.8) is 0 Å². The first-order valence-corrected chi connectivity index (χ1v) is 6.93. The van der Waals surface area contributed by atoms with Gasteiger partial charge in [-0.3, -0.25) is 9.59 Å². The maximum atomic E-state index is 12.0. The van der Waals surface area contributed by atoms with Crippen LogP contribution in [0.25, 0.3) is 0 Å². The van der Waals surface area contributed by atoms with Crippen LogP contribution >= 0.6 is 11.6 Å². The van der Waals surface area contributed by atoms with Gasteiger partial charge in [-0.05, 0) is 24.6 Å². The van der Waals surface area contributed by atoms with Crippen LogP contribution in [0, 0.1) is 0 Å². The van der Waals surface area contributed by atoms with Crippen LogP contribution in [0.1, 0.15) is 23.2 Å². The molecule has 0 bridgehead atoms. The monoisotopic (exact) mass is 295 g/mol. The Morgan fingerprint density at radius 1 is 1.25 bits per heavy atom. The standard InChI is InChI=1S/C14H14ClNO4/c15-9-2-3-10-11(8-9)16(14(18)13(10)17)5-4-12-19-6-1-7-20-12/h2-3,8,12H,1,4-7H2. The zero-order chi connectivity index (χ0) is 14.1. The molecule has 0 saturated carbocycles. The van der Waals surface area contributed by atoms with Gasteiger partial charge in [0.25, 0.3) is 11.7 Å². The predicted octanol–water partition coefficient (Wildman–Crippen LogP) is 2.02. The molecule has 6 heteroatoms. The number of Topliss-reactive ketones (excluding diaryl/α,β-unsaturated/α-hetero) is 1. The number of benzene rings is 1. The summed E-state index contributed by atoms with van der Waals surface area (Å²) in [6, 6.07) is 4.84. The first kappa shape index (κ1) is 13.5. The number of hydrogen-bond acceptors (Lipinski definition) is 4. The van der Waals surface area contributed by atoms with Gasteiger partial charge >= 0.3 is 0 Å². The Balaban J connectivity index is 1.75. The molecule has 0 aromatic heterocycles. The zero-order valence-electron chi connectivity index (χ0n) is 10.8. The Kier molecular flexibility index (Phi) is 3.74. The van der Waals surface area contributed by atoms with Gasteiger partial charge in [-0.25, -0.2) is 0 Å². The molecule has 1 fully saturated rings. The van der Waals surface area contributed by atoms with E-state index in [1.165, 1.54) is 4.90 Å². The lowest BCUT2D eigenvalue weighted by Crippen LogP contribution is -2.35. The third kappa shape index (κ3) is 2.44. The second-order valence-corrected chi connectivity index (χ2v) is 5.20. The topological polar surface area (TPSA) is 55.8 Å². The van der Waals surface area contributed by atoms with Crippen LogP contribution in [-0.2, 0) is 14.3 Å². The SMILES string of the molecule is O=C1C(=O)N(CCC2OCCCO2)c2cc(Cl)ccc21. The molecule has 0 atom stereocenters. The van der Waals surface area contributed by atoms with Crippen LogP contribution < -0.4 is 4.90 Å². The van der Waals surface area contributed by atoms with E-state index >= 15 is 0 Å². The van der Waals surface area contributed by atoms with E-state index in [-0.39, 0.29) is 6.29 Å². The normalized spacial score (nSPS) is 19.6. The van der Waals surface area contributed by atoms with E-state index in [4.69, 9.17) is 21.1 Å². The minimum absolute atomic E-state index is 0.310. The molecule has 1 aromatic rings. The number of ether oxygens (including phenoxy) is 2.